The van der Waals surface area contributed by atoms with Gasteiger partial charge in [0, 0.05) is 12.2 Å². The van der Waals surface area contributed by atoms with Crippen LogP contribution in [0.15, 0.2) is 46.3 Å². The molecule has 0 radical (unpaired) electrons. The van der Waals surface area contributed by atoms with Crippen LogP contribution in [0.5, 0.6) is 0 Å². The van der Waals surface area contributed by atoms with Crippen LogP contribution < -0.4 is 5.32 Å². The third-order valence-electron chi connectivity index (χ3n) is 5.51. The van der Waals surface area contributed by atoms with Crippen LogP contribution >= 0.6 is 0 Å². The maximum absolute atomic E-state index is 13.1. The summed E-state index contributed by atoms with van der Waals surface area (Å²) >= 11 is 0. The minimum Gasteiger partial charge on any atom is -0.348 e. The molecule has 1 N–H and O–H groups in total. The van der Waals surface area contributed by atoms with Crippen molar-refractivity contribution in [3.05, 3.63) is 53.3 Å². The van der Waals surface area contributed by atoms with Gasteiger partial charge >= 0.3 is 6.18 Å². The van der Waals surface area contributed by atoms with Crippen LogP contribution in [-0.2, 0) is 25.9 Å². The molecule has 0 bridgehead atoms. The molecule has 0 unspecified atom stereocenters. The van der Waals surface area contributed by atoms with Crippen LogP contribution in [0.3, 0.4) is 0 Å². The number of carbonyl (C=O) groups is 1. The van der Waals surface area contributed by atoms with Crippen LogP contribution in [0.1, 0.15) is 48.3 Å². The van der Waals surface area contributed by atoms with Crippen molar-refractivity contribution in [1.29, 1.82) is 0 Å². The summed E-state index contributed by atoms with van der Waals surface area (Å²) in [4.78, 5) is 15.6. The predicted molar refractivity (Wildman–Crippen MR) is 114 cm³/mol. The molecule has 0 saturated heterocycles. The van der Waals surface area contributed by atoms with Crippen molar-refractivity contribution in [3.8, 4) is 0 Å². The Morgan fingerprint density at radius 3 is 2.30 bits per heavy atom. The Morgan fingerprint density at radius 1 is 1.12 bits per heavy atom. The van der Waals surface area contributed by atoms with E-state index in [0.29, 0.717) is 12.3 Å². The lowest BCUT2D eigenvalue weighted by Gasteiger charge is -2.35. The van der Waals surface area contributed by atoms with Crippen molar-refractivity contribution in [2.75, 3.05) is 0 Å². The Bertz CT molecular complexity index is 1280. The van der Waals surface area contributed by atoms with Crippen molar-refractivity contribution in [2.45, 2.75) is 66.1 Å². The molecule has 1 fully saturated rings. The number of benzene rings is 1. The first-order valence-corrected chi connectivity index (χ1v) is 13.2. The highest BCUT2D eigenvalue weighted by Crippen LogP contribution is 2.34. The van der Waals surface area contributed by atoms with Gasteiger partial charge in [-0.2, -0.15) is 13.2 Å². The smallest absolute Gasteiger partial charge is 0.348 e. The molecule has 1 amide bonds. The molecule has 0 spiro atoms. The first-order valence-electron chi connectivity index (χ1n) is 10.1. The average molecular weight is 505 g/mol. The summed E-state index contributed by atoms with van der Waals surface area (Å²) in [6.07, 6.45) is -4.25. The fraction of sp³-hybridized carbons (Fsp3) is 0.429. The summed E-state index contributed by atoms with van der Waals surface area (Å²) < 4.78 is 90.0. The number of alkyl halides is 3. The van der Waals surface area contributed by atoms with E-state index in [0.717, 1.165) is 5.56 Å². The lowest BCUT2D eigenvalue weighted by Crippen LogP contribution is -2.50. The normalized spacial score (nSPS) is 19.2. The molecule has 33 heavy (non-hydrogen) atoms. The Hall–Kier alpha value is -2.47. The molecule has 7 nitrogen and oxygen atoms in total. The highest BCUT2D eigenvalue weighted by molar-refractivity contribution is 7.92. The SMILES string of the molecule is Cc1cccc(S(=O)(=O)C2CC(NC(=O)c3ncc(C(F)(F)F)cc3S(=O)(=O)C(C)C)C2)c1. The number of nitrogens with one attached hydrogen (secondary N) is 1. The van der Waals surface area contributed by atoms with Crippen LogP contribution in [-0.4, -0.2) is 44.3 Å². The van der Waals surface area contributed by atoms with Crippen molar-refractivity contribution >= 4 is 25.6 Å². The number of aromatic nitrogens is 1. The van der Waals surface area contributed by atoms with E-state index in [9.17, 15) is 34.8 Å². The van der Waals surface area contributed by atoms with Gasteiger partial charge in [0.15, 0.2) is 19.7 Å². The maximum atomic E-state index is 13.1. The number of hydrogen-bond acceptors (Lipinski definition) is 6. The van der Waals surface area contributed by atoms with Crippen LogP contribution in [0.25, 0.3) is 0 Å². The third-order valence-corrected chi connectivity index (χ3v) is 9.85. The van der Waals surface area contributed by atoms with Crippen molar-refractivity contribution in [1.82, 2.24) is 10.3 Å². The van der Waals surface area contributed by atoms with Crippen LogP contribution in [0.4, 0.5) is 13.2 Å². The quantitative estimate of drug-likeness (QED) is 0.646. The number of nitrogens with zero attached hydrogens (tertiary/aromatic N) is 1. The van der Waals surface area contributed by atoms with E-state index in [1.54, 1.807) is 25.1 Å². The summed E-state index contributed by atoms with van der Waals surface area (Å²) in [5.41, 5.74) is -1.15. The fourth-order valence-corrected chi connectivity index (χ4v) is 6.60. The van der Waals surface area contributed by atoms with Crippen LogP contribution in [0, 0.1) is 6.92 Å². The monoisotopic (exact) mass is 504 g/mol. The molecule has 180 valence electrons. The number of amides is 1. The first-order chi connectivity index (χ1) is 15.1. The standard InChI is InChI=1S/C21H23F3N2O5S2/c1-12(2)32(28,29)18-8-14(21(22,23)24)11-25-19(18)20(27)26-15-9-17(10-15)33(30,31)16-6-4-5-13(3)7-16/h4-8,11-12,15,17H,9-10H2,1-3H3,(H,26,27). The van der Waals surface area contributed by atoms with Gasteiger partial charge in [0.1, 0.15) is 5.69 Å². The van der Waals surface area contributed by atoms with Crippen molar-refractivity contribution < 1.29 is 34.8 Å². The zero-order valence-electron chi connectivity index (χ0n) is 18.0. The lowest BCUT2D eigenvalue weighted by molar-refractivity contribution is -0.138. The zero-order valence-corrected chi connectivity index (χ0v) is 19.7. The van der Waals surface area contributed by atoms with Gasteiger partial charge in [0.25, 0.3) is 5.91 Å². The predicted octanol–water partition coefficient (Wildman–Crippen LogP) is 3.33. The van der Waals surface area contributed by atoms with Gasteiger partial charge in [0.05, 0.1) is 25.9 Å². The third kappa shape index (κ3) is 5.06. The molecule has 1 aromatic heterocycles. The van der Waals surface area contributed by atoms with Gasteiger partial charge in [-0.15, -0.1) is 0 Å². The number of hydrogen-bond donors (Lipinski definition) is 1. The van der Waals surface area contributed by atoms with E-state index in [2.05, 4.69) is 10.3 Å². The molecule has 1 aliphatic carbocycles. The highest BCUT2D eigenvalue weighted by atomic mass is 32.2. The van der Waals surface area contributed by atoms with E-state index < -0.39 is 64.5 Å². The molecular formula is C21H23F3N2O5S2. The Labute approximate surface area is 190 Å². The molecule has 1 heterocycles. The number of pyridine rings is 1. The lowest BCUT2D eigenvalue weighted by atomic mass is 9.92. The van der Waals surface area contributed by atoms with Crippen molar-refractivity contribution in [2.24, 2.45) is 0 Å². The molecule has 1 aliphatic rings. The zero-order chi connectivity index (χ0) is 24.8. The molecule has 3 rings (SSSR count). The van der Waals surface area contributed by atoms with E-state index in [4.69, 9.17) is 0 Å². The van der Waals surface area contributed by atoms with E-state index in [-0.39, 0.29) is 17.7 Å². The molecular weight excluding hydrogens is 481 g/mol. The number of carbonyl (C=O) groups excluding carboxylic acids is 1. The molecule has 2 aromatic rings. The second kappa shape index (κ2) is 8.71. The van der Waals surface area contributed by atoms with Gasteiger partial charge in [-0.3, -0.25) is 4.79 Å². The number of sulfone groups is 2. The second-order valence-corrected chi connectivity index (χ2v) is 13.0. The average Bonchev–Trinajstić information content (AvgIpc) is 2.68. The summed E-state index contributed by atoms with van der Waals surface area (Å²) in [6.45, 7) is 4.33. The topological polar surface area (TPSA) is 110 Å². The Balaban J connectivity index is 1.80. The minimum atomic E-state index is -4.84. The first kappa shape index (κ1) is 25.2. The van der Waals surface area contributed by atoms with Gasteiger partial charge in [-0.25, -0.2) is 21.8 Å². The fourth-order valence-electron chi connectivity index (χ4n) is 3.42. The highest BCUT2D eigenvalue weighted by Gasteiger charge is 2.41. The van der Waals surface area contributed by atoms with E-state index in [1.165, 1.54) is 19.9 Å². The van der Waals surface area contributed by atoms with Gasteiger partial charge < -0.3 is 5.32 Å². The summed E-state index contributed by atoms with van der Waals surface area (Å²) in [7, 11) is -7.86. The molecule has 1 aromatic carbocycles. The maximum Gasteiger partial charge on any atom is 0.417 e. The van der Waals surface area contributed by atoms with Crippen molar-refractivity contribution in [3.63, 3.8) is 0 Å². The second-order valence-electron chi connectivity index (χ2n) is 8.29. The van der Waals surface area contributed by atoms with Crippen LogP contribution in [0.2, 0.25) is 0 Å². The molecule has 12 heteroatoms. The van der Waals surface area contributed by atoms with Gasteiger partial charge in [0.2, 0.25) is 0 Å². The molecule has 0 atom stereocenters. The summed E-state index contributed by atoms with van der Waals surface area (Å²) in [5.74, 6) is -0.973. The van der Waals surface area contributed by atoms with E-state index >= 15 is 0 Å². The molecule has 0 aliphatic heterocycles. The number of aryl methyl sites for hydroxylation is 1. The Morgan fingerprint density at radius 2 is 1.76 bits per heavy atom. The largest absolute Gasteiger partial charge is 0.417 e. The molecule has 1 saturated carbocycles. The summed E-state index contributed by atoms with van der Waals surface area (Å²) in [6, 6.07) is 6.26. The minimum absolute atomic E-state index is 0.0922. The van der Waals surface area contributed by atoms with Gasteiger partial charge in [-0.1, -0.05) is 12.1 Å². The van der Waals surface area contributed by atoms with E-state index in [1.807, 2.05) is 0 Å². The Kier molecular flexibility index (Phi) is 6.64. The number of rotatable bonds is 6. The van der Waals surface area contributed by atoms with Gasteiger partial charge in [-0.05, 0) is 57.4 Å². The summed E-state index contributed by atoms with van der Waals surface area (Å²) in [5, 5.41) is 0.682. The number of halogens is 3.